The monoisotopic (exact) mass is 289 g/mol. The van der Waals surface area contributed by atoms with Crippen molar-refractivity contribution in [3.63, 3.8) is 0 Å². The molecule has 0 aliphatic rings. The van der Waals surface area contributed by atoms with Crippen molar-refractivity contribution in [2.24, 2.45) is 0 Å². The smallest absolute Gasteiger partial charge is 0.113 e. The summed E-state index contributed by atoms with van der Waals surface area (Å²) in [5, 5.41) is 6.96. The van der Waals surface area contributed by atoms with Gasteiger partial charge in [0, 0.05) is 4.47 Å². The van der Waals surface area contributed by atoms with E-state index in [1.54, 1.807) is 0 Å². The second kappa shape index (κ2) is 2.81. The third kappa shape index (κ3) is 1.17. The third-order valence-corrected chi connectivity index (χ3v) is 2.65. The molecule has 0 fully saturated rings. The van der Waals surface area contributed by atoms with Gasteiger partial charge in [0.05, 0.1) is 11.2 Å². The van der Waals surface area contributed by atoms with Gasteiger partial charge >= 0.3 is 0 Å². The summed E-state index contributed by atoms with van der Waals surface area (Å²) < 4.78 is 1.78. The van der Waals surface area contributed by atoms with Crippen LogP contribution in [0.5, 0.6) is 0 Å². The molecule has 62 valence electrons. The number of fused-ring (bicyclic) bond motifs is 1. The molecule has 5 heteroatoms. The van der Waals surface area contributed by atoms with Gasteiger partial charge in [-0.15, -0.1) is 0 Å². The SMILES string of the molecule is Cc1n[nH]c2c(Br)cc(Br)nc12. The predicted octanol–water partition coefficient (Wildman–Crippen LogP) is 2.79. The number of nitrogens with zero attached hydrogens (tertiary/aromatic N) is 2. The highest BCUT2D eigenvalue weighted by molar-refractivity contribution is 9.11. The van der Waals surface area contributed by atoms with Crippen molar-refractivity contribution in [2.75, 3.05) is 0 Å². The van der Waals surface area contributed by atoms with Crippen LogP contribution in [0, 0.1) is 6.92 Å². The molecule has 2 rings (SSSR count). The quantitative estimate of drug-likeness (QED) is 0.758. The molecule has 2 aromatic heterocycles. The predicted molar refractivity (Wildman–Crippen MR) is 54.0 cm³/mol. The summed E-state index contributed by atoms with van der Waals surface area (Å²) >= 11 is 6.74. The lowest BCUT2D eigenvalue weighted by Gasteiger charge is -1.94. The van der Waals surface area contributed by atoms with Crippen molar-refractivity contribution >= 4 is 42.9 Å². The summed E-state index contributed by atoms with van der Waals surface area (Å²) in [6.45, 7) is 1.92. The highest BCUT2D eigenvalue weighted by Crippen LogP contribution is 2.25. The summed E-state index contributed by atoms with van der Waals surface area (Å²) in [4.78, 5) is 4.29. The van der Waals surface area contributed by atoms with Gasteiger partial charge in [-0.25, -0.2) is 4.98 Å². The van der Waals surface area contributed by atoms with Gasteiger partial charge in [0.1, 0.15) is 10.1 Å². The lowest BCUT2D eigenvalue weighted by molar-refractivity contribution is 1.07. The minimum Gasteiger partial charge on any atom is -0.275 e. The Kier molecular flexibility index (Phi) is 1.92. The topological polar surface area (TPSA) is 41.6 Å². The Hall–Kier alpha value is -0.420. The van der Waals surface area contributed by atoms with Crippen LogP contribution in [0.25, 0.3) is 11.0 Å². The zero-order valence-electron chi connectivity index (χ0n) is 6.23. The molecule has 0 unspecified atom stereocenters. The molecule has 0 amide bonds. The number of rotatable bonds is 0. The highest BCUT2D eigenvalue weighted by Gasteiger charge is 2.06. The van der Waals surface area contributed by atoms with E-state index in [0.717, 1.165) is 25.8 Å². The molecule has 0 bridgehead atoms. The normalized spacial score (nSPS) is 10.9. The number of hydrogen-bond acceptors (Lipinski definition) is 2. The number of H-pyrrole nitrogens is 1. The van der Waals surface area contributed by atoms with Crippen LogP contribution < -0.4 is 0 Å². The summed E-state index contributed by atoms with van der Waals surface area (Å²) in [5.74, 6) is 0. The fourth-order valence-electron chi connectivity index (χ4n) is 1.05. The molecule has 0 aliphatic carbocycles. The van der Waals surface area contributed by atoms with Gasteiger partial charge in [-0.1, -0.05) is 0 Å². The maximum atomic E-state index is 4.29. The van der Waals surface area contributed by atoms with E-state index in [-0.39, 0.29) is 0 Å². The fourth-order valence-corrected chi connectivity index (χ4v) is 2.25. The van der Waals surface area contributed by atoms with E-state index in [9.17, 15) is 0 Å². The molecular weight excluding hydrogens is 286 g/mol. The van der Waals surface area contributed by atoms with Gasteiger partial charge in [0.2, 0.25) is 0 Å². The van der Waals surface area contributed by atoms with Crippen LogP contribution in [0.2, 0.25) is 0 Å². The number of nitrogens with one attached hydrogen (secondary N) is 1. The van der Waals surface area contributed by atoms with E-state index < -0.39 is 0 Å². The van der Waals surface area contributed by atoms with Gasteiger partial charge in [-0.05, 0) is 44.8 Å². The molecular formula is C7H5Br2N3. The molecule has 2 aromatic rings. The number of pyridine rings is 1. The number of hydrogen-bond donors (Lipinski definition) is 1. The van der Waals surface area contributed by atoms with Crippen molar-refractivity contribution < 1.29 is 0 Å². The summed E-state index contributed by atoms with van der Waals surface area (Å²) in [6, 6.07) is 1.89. The fraction of sp³-hybridized carbons (Fsp3) is 0.143. The van der Waals surface area contributed by atoms with Crippen LogP contribution in [0.3, 0.4) is 0 Å². The van der Waals surface area contributed by atoms with E-state index in [2.05, 4.69) is 47.0 Å². The first-order valence-electron chi connectivity index (χ1n) is 3.35. The number of aryl methyl sites for hydroxylation is 1. The molecule has 0 aliphatic heterocycles. The summed E-state index contributed by atoms with van der Waals surface area (Å²) in [5.41, 5.74) is 2.75. The molecule has 0 spiro atoms. The van der Waals surface area contributed by atoms with Crippen molar-refractivity contribution in [1.29, 1.82) is 0 Å². The largest absolute Gasteiger partial charge is 0.275 e. The molecule has 12 heavy (non-hydrogen) atoms. The van der Waals surface area contributed by atoms with Crippen molar-refractivity contribution in [3.05, 3.63) is 20.8 Å². The number of aromatic amines is 1. The van der Waals surface area contributed by atoms with Gasteiger partial charge in [-0.2, -0.15) is 5.10 Å². The minimum absolute atomic E-state index is 0.811. The molecule has 2 heterocycles. The van der Waals surface area contributed by atoms with Crippen molar-refractivity contribution in [2.45, 2.75) is 6.92 Å². The third-order valence-electron chi connectivity index (χ3n) is 1.62. The second-order valence-electron chi connectivity index (χ2n) is 2.46. The van der Waals surface area contributed by atoms with E-state index in [1.807, 2.05) is 13.0 Å². The van der Waals surface area contributed by atoms with Crippen LogP contribution in [-0.2, 0) is 0 Å². The zero-order valence-corrected chi connectivity index (χ0v) is 9.40. The van der Waals surface area contributed by atoms with E-state index in [0.29, 0.717) is 0 Å². The van der Waals surface area contributed by atoms with Crippen LogP contribution in [0.1, 0.15) is 5.69 Å². The number of halogens is 2. The van der Waals surface area contributed by atoms with E-state index in [1.165, 1.54) is 0 Å². The first-order valence-corrected chi connectivity index (χ1v) is 4.94. The molecule has 3 nitrogen and oxygen atoms in total. The average Bonchev–Trinajstić information content (AvgIpc) is 2.33. The first kappa shape index (κ1) is 8.19. The molecule has 0 aromatic carbocycles. The Balaban J connectivity index is 2.92. The van der Waals surface area contributed by atoms with Crippen molar-refractivity contribution in [3.8, 4) is 0 Å². The maximum absolute atomic E-state index is 4.29. The van der Waals surface area contributed by atoms with Gasteiger partial charge < -0.3 is 0 Å². The van der Waals surface area contributed by atoms with E-state index >= 15 is 0 Å². The standard InChI is InChI=1S/C7H5Br2N3/c1-3-6-7(12-11-3)4(8)2-5(9)10-6/h2H,1H3,(H,11,12). The Labute approximate surface area is 85.8 Å². The first-order chi connectivity index (χ1) is 5.68. The van der Waals surface area contributed by atoms with Crippen LogP contribution in [-0.4, -0.2) is 15.2 Å². The Morgan fingerprint density at radius 1 is 1.42 bits per heavy atom. The Morgan fingerprint density at radius 3 is 2.92 bits per heavy atom. The Bertz CT molecular complexity index is 435. The van der Waals surface area contributed by atoms with Gasteiger partial charge in [0.15, 0.2) is 0 Å². The summed E-state index contributed by atoms with van der Waals surface area (Å²) in [6.07, 6.45) is 0. The van der Waals surface area contributed by atoms with Crippen LogP contribution in [0.15, 0.2) is 15.1 Å². The molecule has 0 saturated heterocycles. The number of aromatic nitrogens is 3. The van der Waals surface area contributed by atoms with Crippen molar-refractivity contribution in [1.82, 2.24) is 15.2 Å². The molecule has 1 N–H and O–H groups in total. The summed E-state index contributed by atoms with van der Waals surface area (Å²) in [7, 11) is 0. The van der Waals surface area contributed by atoms with Crippen LogP contribution >= 0.6 is 31.9 Å². The molecule has 0 atom stereocenters. The molecule has 0 saturated carbocycles. The second-order valence-corrected chi connectivity index (χ2v) is 4.13. The highest BCUT2D eigenvalue weighted by atomic mass is 79.9. The van der Waals surface area contributed by atoms with Crippen LogP contribution in [0.4, 0.5) is 0 Å². The molecule has 0 radical (unpaired) electrons. The van der Waals surface area contributed by atoms with E-state index in [4.69, 9.17) is 0 Å². The Morgan fingerprint density at radius 2 is 2.17 bits per heavy atom. The minimum atomic E-state index is 0.811. The lowest BCUT2D eigenvalue weighted by atomic mass is 10.3. The van der Waals surface area contributed by atoms with Gasteiger partial charge in [0.25, 0.3) is 0 Å². The maximum Gasteiger partial charge on any atom is 0.113 e. The zero-order chi connectivity index (χ0) is 8.72. The lowest BCUT2D eigenvalue weighted by Crippen LogP contribution is -1.79. The average molecular weight is 291 g/mol. The van der Waals surface area contributed by atoms with Gasteiger partial charge in [-0.3, -0.25) is 5.10 Å².